The van der Waals surface area contributed by atoms with Gasteiger partial charge in [-0.2, -0.15) is 0 Å². The number of aliphatic hydroxyl groups is 1. The molecule has 2 atom stereocenters. The molecule has 0 spiro atoms. The summed E-state index contributed by atoms with van der Waals surface area (Å²) in [6.45, 7) is 3.73. The number of rotatable bonds is 3. The summed E-state index contributed by atoms with van der Waals surface area (Å²) in [5, 5.41) is 9.55. The van der Waals surface area contributed by atoms with Crippen LogP contribution in [-0.2, 0) is 4.79 Å². The minimum Gasteiger partial charge on any atom is -0.391 e. The zero-order valence-corrected chi connectivity index (χ0v) is 8.78. The molecule has 0 aromatic rings. The summed E-state index contributed by atoms with van der Waals surface area (Å²) in [5.74, 6) is 0.407. The third kappa shape index (κ3) is 2.96. The first-order chi connectivity index (χ1) is 6.67. The van der Waals surface area contributed by atoms with Gasteiger partial charge in [-0.1, -0.05) is 6.92 Å². The van der Waals surface area contributed by atoms with Crippen molar-refractivity contribution in [1.82, 2.24) is 4.90 Å². The third-order valence-corrected chi connectivity index (χ3v) is 2.67. The fourth-order valence-corrected chi connectivity index (χ4v) is 1.92. The summed E-state index contributed by atoms with van der Waals surface area (Å²) in [6, 6.07) is 0. The van der Waals surface area contributed by atoms with E-state index in [1.165, 1.54) is 0 Å². The largest absolute Gasteiger partial charge is 0.391 e. The van der Waals surface area contributed by atoms with Crippen molar-refractivity contribution in [2.24, 2.45) is 11.7 Å². The predicted octanol–water partition coefficient (Wildman–Crippen LogP) is -0.0454. The number of hydrogen-bond acceptors (Lipinski definition) is 3. The summed E-state index contributed by atoms with van der Waals surface area (Å²) >= 11 is 0. The monoisotopic (exact) mass is 200 g/mol. The molecule has 14 heavy (non-hydrogen) atoms. The van der Waals surface area contributed by atoms with Gasteiger partial charge in [0.15, 0.2) is 0 Å². The second-order valence-electron chi connectivity index (χ2n) is 4.04. The molecule has 0 radical (unpaired) electrons. The molecule has 3 N–H and O–H groups in total. The van der Waals surface area contributed by atoms with Crippen LogP contribution in [-0.4, -0.2) is 41.7 Å². The van der Waals surface area contributed by atoms with Gasteiger partial charge in [0.1, 0.15) is 0 Å². The number of carbonyl (C=O) groups is 1. The molecule has 1 aliphatic heterocycles. The van der Waals surface area contributed by atoms with Gasteiger partial charge in [-0.25, -0.2) is 0 Å². The number of nitrogens with zero attached hydrogens (tertiary/aromatic N) is 1. The quantitative estimate of drug-likeness (QED) is 0.671. The van der Waals surface area contributed by atoms with Crippen molar-refractivity contribution in [2.75, 3.05) is 19.6 Å². The Kier molecular flexibility index (Phi) is 4.35. The van der Waals surface area contributed by atoms with E-state index < -0.39 is 6.10 Å². The fraction of sp³-hybridized carbons (Fsp3) is 0.900. The Hall–Kier alpha value is -0.610. The zero-order chi connectivity index (χ0) is 10.6. The number of likely N-dealkylation sites (tertiary alicyclic amines) is 1. The predicted molar refractivity (Wildman–Crippen MR) is 54.7 cm³/mol. The van der Waals surface area contributed by atoms with Crippen molar-refractivity contribution in [2.45, 2.75) is 32.3 Å². The summed E-state index contributed by atoms with van der Waals surface area (Å²) in [7, 11) is 0. The van der Waals surface area contributed by atoms with Gasteiger partial charge < -0.3 is 15.7 Å². The molecule has 1 fully saturated rings. The number of carbonyl (C=O) groups excluding carboxylic acids is 1. The first-order valence-electron chi connectivity index (χ1n) is 5.33. The Morgan fingerprint density at radius 1 is 1.57 bits per heavy atom. The maximum Gasteiger partial charge on any atom is 0.222 e. The van der Waals surface area contributed by atoms with Crippen molar-refractivity contribution in [3.63, 3.8) is 0 Å². The molecular weight excluding hydrogens is 180 g/mol. The lowest BCUT2D eigenvalue weighted by atomic mass is 9.96. The van der Waals surface area contributed by atoms with E-state index in [0.717, 1.165) is 12.8 Å². The van der Waals surface area contributed by atoms with E-state index in [-0.39, 0.29) is 11.8 Å². The summed E-state index contributed by atoms with van der Waals surface area (Å²) in [4.78, 5) is 13.3. The van der Waals surface area contributed by atoms with Gasteiger partial charge in [-0.3, -0.25) is 4.79 Å². The van der Waals surface area contributed by atoms with E-state index in [4.69, 9.17) is 5.73 Å². The van der Waals surface area contributed by atoms with E-state index >= 15 is 0 Å². The van der Waals surface area contributed by atoms with Gasteiger partial charge in [0, 0.05) is 19.5 Å². The zero-order valence-electron chi connectivity index (χ0n) is 8.78. The summed E-state index contributed by atoms with van der Waals surface area (Å²) in [6.07, 6.45) is 1.77. The van der Waals surface area contributed by atoms with Gasteiger partial charge >= 0.3 is 0 Å². The first-order valence-corrected chi connectivity index (χ1v) is 5.33. The molecule has 1 heterocycles. The van der Waals surface area contributed by atoms with Crippen molar-refractivity contribution in [1.29, 1.82) is 0 Å². The van der Waals surface area contributed by atoms with Crippen LogP contribution in [0.15, 0.2) is 0 Å². The summed E-state index contributed by atoms with van der Waals surface area (Å²) in [5.41, 5.74) is 5.55. The number of nitrogens with two attached hydrogens (primary N) is 1. The number of aliphatic hydroxyl groups excluding tert-OH is 1. The standard InChI is InChI=1S/C10H20N2O2/c1-2-3-10(14)12-6-8(5-11)4-9(13)7-12/h8-9,13H,2-7,11H2,1H3. The molecule has 0 bridgehead atoms. The average Bonchev–Trinajstić information content (AvgIpc) is 2.17. The highest BCUT2D eigenvalue weighted by atomic mass is 16.3. The Morgan fingerprint density at radius 3 is 2.86 bits per heavy atom. The molecular formula is C10H20N2O2. The van der Waals surface area contributed by atoms with Gasteiger partial charge in [0.25, 0.3) is 0 Å². The van der Waals surface area contributed by atoms with Crippen molar-refractivity contribution < 1.29 is 9.90 Å². The minimum atomic E-state index is -0.391. The Bertz CT molecular complexity index is 197. The molecule has 0 aromatic carbocycles. The molecule has 0 aromatic heterocycles. The van der Waals surface area contributed by atoms with Crippen LogP contribution in [0.1, 0.15) is 26.2 Å². The second kappa shape index (κ2) is 5.32. The van der Waals surface area contributed by atoms with Crippen LogP contribution >= 0.6 is 0 Å². The molecule has 1 saturated heterocycles. The molecule has 1 amide bonds. The second-order valence-corrected chi connectivity index (χ2v) is 4.04. The molecule has 0 saturated carbocycles. The molecule has 1 rings (SSSR count). The van der Waals surface area contributed by atoms with Crippen molar-refractivity contribution in [3.05, 3.63) is 0 Å². The molecule has 4 heteroatoms. The maximum absolute atomic E-state index is 11.6. The Balaban J connectivity index is 2.48. The van der Waals surface area contributed by atoms with E-state index in [0.29, 0.717) is 26.1 Å². The van der Waals surface area contributed by atoms with Crippen LogP contribution < -0.4 is 5.73 Å². The molecule has 4 nitrogen and oxygen atoms in total. The normalized spacial score (nSPS) is 27.8. The highest BCUT2D eigenvalue weighted by Gasteiger charge is 2.27. The lowest BCUT2D eigenvalue weighted by Gasteiger charge is -2.35. The first kappa shape index (κ1) is 11.5. The number of piperidine rings is 1. The van der Waals surface area contributed by atoms with Crippen LogP contribution in [0.25, 0.3) is 0 Å². The highest BCUT2D eigenvalue weighted by Crippen LogP contribution is 2.16. The summed E-state index contributed by atoms with van der Waals surface area (Å²) < 4.78 is 0. The van der Waals surface area contributed by atoms with Crippen LogP contribution in [0.4, 0.5) is 0 Å². The Labute approximate surface area is 85.1 Å². The lowest BCUT2D eigenvalue weighted by Crippen LogP contribution is -2.47. The minimum absolute atomic E-state index is 0.143. The average molecular weight is 200 g/mol. The fourth-order valence-electron chi connectivity index (χ4n) is 1.92. The molecule has 1 aliphatic rings. The number of amides is 1. The van der Waals surface area contributed by atoms with Gasteiger partial charge in [0.2, 0.25) is 5.91 Å². The van der Waals surface area contributed by atoms with Gasteiger partial charge in [-0.05, 0) is 25.3 Å². The topological polar surface area (TPSA) is 66.6 Å². The Morgan fingerprint density at radius 2 is 2.29 bits per heavy atom. The van der Waals surface area contributed by atoms with E-state index in [1.807, 2.05) is 6.92 Å². The van der Waals surface area contributed by atoms with E-state index in [2.05, 4.69) is 0 Å². The van der Waals surface area contributed by atoms with Crippen LogP contribution in [0.5, 0.6) is 0 Å². The third-order valence-electron chi connectivity index (χ3n) is 2.67. The number of β-amino-alcohol motifs (C(OH)–C–C–N with tert-alkyl or cyclic N) is 1. The highest BCUT2D eigenvalue weighted by molar-refractivity contribution is 5.76. The lowest BCUT2D eigenvalue weighted by molar-refractivity contribution is -0.135. The molecule has 0 aliphatic carbocycles. The van der Waals surface area contributed by atoms with E-state index in [1.54, 1.807) is 4.90 Å². The smallest absolute Gasteiger partial charge is 0.222 e. The van der Waals surface area contributed by atoms with Crippen molar-refractivity contribution >= 4 is 5.91 Å². The van der Waals surface area contributed by atoms with E-state index in [9.17, 15) is 9.90 Å². The SMILES string of the molecule is CCCC(=O)N1CC(O)CC(CN)C1. The van der Waals surface area contributed by atoms with Gasteiger partial charge in [0.05, 0.1) is 6.10 Å². The number of hydrogen-bond donors (Lipinski definition) is 2. The molecule has 2 unspecified atom stereocenters. The maximum atomic E-state index is 11.6. The van der Waals surface area contributed by atoms with Crippen LogP contribution in [0.3, 0.4) is 0 Å². The van der Waals surface area contributed by atoms with Crippen LogP contribution in [0, 0.1) is 5.92 Å². The van der Waals surface area contributed by atoms with Crippen molar-refractivity contribution in [3.8, 4) is 0 Å². The van der Waals surface area contributed by atoms with Crippen LogP contribution in [0.2, 0.25) is 0 Å². The van der Waals surface area contributed by atoms with Gasteiger partial charge in [-0.15, -0.1) is 0 Å². The molecule has 82 valence electrons.